The van der Waals surface area contributed by atoms with E-state index in [1.807, 2.05) is 0 Å². The van der Waals surface area contributed by atoms with Crippen LogP contribution in [0.25, 0.3) is 0 Å². The molecule has 0 aliphatic carbocycles. The van der Waals surface area contributed by atoms with E-state index < -0.39 is 29.2 Å². The van der Waals surface area contributed by atoms with Crippen LogP contribution >= 0.6 is 27.5 Å². The molecule has 21 heavy (non-hydrogen) atoms. The third-order valence-electron chi connectivity index (χ3n) is 2.87. The number of hydrogen-bond donors (Lipinski definition) is 1. The summed E-state index contributed by atoms with van der Waals surface area (Å²) in [6.07, 6.45) is -6.41. The molecule has 1 N–H and O–H groups in total. The highest BCUT2D eigenvalue weighted by atomic mass is 79.9. The van der Waals surface area contributed by atoms with Crippen molar-refractivity contribution in [2.24, 2.45) is 0 Å². The van der Waals surface area contributed by atoms with E-state index >= 15 is 0 Å². The fraction of sp³-hybridized carbons (Fsp3) is 0.143. The zero-order valence-corrected chi connectivity index (χ0v) is 12.6. The molecule has 0 radical (unpaired) electrons. The van der Waals surface area contributed by atoms with Crippen LogP contribution in [-0.4, -0.2) is 5.11 Å². The maximum absolute atomic E-state index is 14.1. The number of alkyl halides is 3. The Morgan fingerprint density at radius 3 is 2.38 bits per heavy atom. The van der Waals surface area contributed by atoms with Gasteiger partial charge in [0.05, 0.1) is 5.56 Å². The van der Waals surface area contributed by atoms with E-state index in [0.717, 1.165) is 6.07 Å². The van der Waals surface area contributed by atoms with E-state index in [2.05, 4.69) is 15.9 Å². The van der Waals surface area contributed by atoms with Crippen molar-refractivity contribution < 1.29 is 22.7 Å². The first-order valence-corrected chi connectivity index (χ1v) is 6.87. The van der Waals surface area contributed by atoms with Gasteiger partial charge < -0.3 is 5.11 Å². The van der Waals surface area contributed by atoms with Crippen LogP contribution in [0.1, 0.15) is 22.8 Å². The molecular weight excluding hydrogens is 376 g/mol. The quantitative estimate of drug-likeness (QED) is 0.694. The highest BCUT2D eigenvalue weighted by molar-refractivity contribution is 9.10. The van der Waals surface area contributed by atoms with Gasteiger partial charge >= 0.3 is 6.18 Å². The summed E-state index contributed by atoms with van der Waals surface area (Å²) in [7, 11) is 0. The molecule has 1 nitrogen and oxygen atoms in total. The number of hydrogen-bond acceptors (Lipinski definition) is 1. The predicted octanol–water partition coefficient (Wildman–Crippen LogP) is 5.34. The lowest BCUT2D eigenvalue weighted by atomic mass is 9.98. The molecule has 0 fully saturated rings. The van der Waals surface area contributed by atoms with Crippen molar-refractivity contribution >= 4 is 27.5 Å². The molecule has 0 saturated heterocycles. The summed E-state index contributed by atoms with van der Waals surface area (Å²) >= 11 is 8.73. The Morgan fingerprint density at radius 2 is 1.81 bits per heavy atom. The second-order valence-corrected chi connectivity index (χ2v) is 5.57. The van der Waals surface area contributed by atoms with Gasteiger partial charge in [-0.05, 0) is 29.8 Å². The first kappa shape index (κ1) is 16.3. The van der Waals surface area contributed by atoms with Gasteiger partial charge in [-0.25, -0.2) is 4.39 Å². The number of benzene rings is 2. The van der Waals surface area contributed by atoms with Crippen molar-refractivity contribution in [2.45, 2.75) is 12.3 Å². The maximum atomic E-state index is 14.1. The maximum Gasteiger partial charge on any atom is 0.419 e. The minimum absolute atomic E-state index is 0.0421. The zero-order chi connectivity index (χ0) is 15.8. The van der Waals surface area contributed by atoms with E-state index in [1.165, 1.54) is 24.3 Å². The van der Waals surface area contributed by atoms with E-state index in [0.29, 0.717) is 6.07 Å². The van der Waals surface area contributed by atoms with Crippen LogP contribution in [0, 0.1) is 5.82 Å². The van der Waals surface area contributed by atoms with E-state index in [9.17, 15) is 22.7 Å². The zero-order valence-electron chi connectivity index (χ0n) is 10.3. The molecule has 0 spiro atoms. The predicted molar refractivity (Wildman–Crippen MR) is 74.6 cm³/mol. The van der Waals surface area contributed by atoms with Gasteiger partial charge in [-0.1, -0.05) is 39.7 Å². The molecule has 2 aromatic rings. The van der Waals surface area contributed by atoms with Gasteiger partial charge in [0.15, 0.2) is 0 Å². The number of aliphatic hydroxyl groups excluding tert-OH is 1. The number of aliphatic hydroxyl groups is 1. The summed E-state index contributed by atoms with van der Waals surface area (Å²) < 4.78 is 52.4. The summed E-state index contributed by atoms with van der Waals surface area (Å²) in [6.45, 7) is 0. The smallest absolute Gasteiger partial charge is 0.384 e. The average Bonchev–Trinajstić information content (AvgIpc) is 2.37. The first-order valence-electron chi connectivity index (χ1n) is 5.70. The van der Waals surface area contributed by atoms with Gasteiger partial charge in [-0.15, -0.1) is 0 Å². The Kier molecular flexibility index (Phi) is 4.60. The molecule has 0 saturated carbocycles. The van der Waals surface area contributed by atoms with Crippen LogP contribution in [0.15, 0.2) is 40.9 Å². The lowest BCUT2D eigenvalue weighted by Crippen LogP contribution is -2.13. The van der Waals surface area contributed by atoms with Crippen molar-refractivity contribution in [3.8, 4) is 0 Å². The van der Waals surface area contributed by atoms with Gasteiger partial charge in [-0.3, -0.25) is 0 Å². The lowest BCUT2D eigenvalue weighted by Gasteiger charge is -2.18. The van der Waals surface area contributed by atoms with E-state index in [-0.39, 0.29) is 15.1 Å². The molecule has 1 atom stereocenters. The minimum atomic E-state index is -4.84. The molecule has 112 valence electrons. The molecule has 2 rings (SSSR count). The summed E-state index contributed by atoms with van der Waals surface area (Å²) in [6, 6.07) is 7.53. The van der Waals surface area contributed by atoms with Crippen molar-refractivity contribution in [1.82, 2.24) is 0 Å². The molecule has 0 bridgehead atoms. The second kappa shape index (κ2) is 5.94. The summed E-state index contributed by atoms with van der Waals surface area (Å²) in [5.74, 6) is -1.51. The van der Waals surface area contributed by atoms with Crippen molar-refractivity contribution in [1.29, 1.82) is 0 Å². The number of halogens is 6. The van der Waals surface area contributed by atoms with E-state index in [1.54, 1.807) is 0 Å². The SMILES string of the molecule is OC(c1cccc(Cl)c1)c1c(Br)ccc(C(F)(F)F)c1F. The lowest BCUT2D eigenvalue weighted by molar-refractivity contribution is -0.140. The summed E-state index contributed by atoms with van der Waals surface area (Å²) in [5.41, 5.74) is -1.71. The fourth-order valence-corrected chi connectivity index (χ4v) is 2.60. The Morgan fingerprint density at radius 1 is 1.14 bits per heavy atom. The van der Waals surface area contributed by atoms with Crippen molar-refractivity contribution in [3.63, 3.8) is 0 Å². The topological polar surface area (TPSA) is 20.2 Å². The molecule has 1 unspecified atom stereocenters. The van der Waals surface area contributed by atoms with Gasteiger partial charge in [0, 0.05) is 15.1 Å². The molecule has 0 aromatic heterocycles. The van der Waals surface area contributed by atoms with Gasteiger partial charge in [-0.2, -0.15) is 13.2 Å². The normalized spacial score (nSPS) is 13.3. The van der Waals surface area contributed by atoms with Crippen LogP contribution in [0.2, 0.25) is 5.02 Å². The Balaban J connectivity index is 2.58. The molecule has 0 aliphatic heterocycles. The monoisotopic (exact) mass is 382 g/mol. The van der Waals surface area contributed by atoms with Crippen molar-refractivity contribution in [3.05, 3.63) is 68.4 Å². The van der Waals surface area contributed by atoms with Crippen LogP contribution in [0.4, 0.5) is 17.6 Å². The third kappa shape index (κ3) is 3.39. The Labute approximate surface area is 131 Å². The molecule has 0 heterocycles. The van der Waals surface area contributed by atoms with Crippen molar-refractivity contribution in [2.75, 3.05) is 0 Å². The van der Waals surface area contributed by atoms with Crippen LogP contribution in [0.5, 0.6) is 0 Å². The standard InChI is InChI=1S/C14H8BrClF4O/c15-10-5-4-9(14(18,19)20)12(17)11(10)13(21)7-2-1-3-8(16)6-7/h1-6,13,21H. The summed E-state index contributed by atoms with van der Waals surface area (Å²) in [4.78, 5) is 0. The highest BCUT2D eigenvalue weighted by Crippen LogP contribution is 2.38. The fourth-order valence-electron chi connectivity index (χ4n) is 1.88. The van der Waals surface area contributed by atoms with Gasteiger partial charge in [0.25, 0.3) is 0 Å². The first-order chi connectivity index (χ1) is 9.71. The molecule has 0 aliphatic rings. The average molecular weight is 384 g/mol. The molecule has 0 amide bonds. The van der Waals surface area contributed by atoms with Crippen LogP contribution in [-0.2, 0) is 6.18 Å². The minimum Gasteiger partial charge on any atom is -0.384 e. The van der Waals surface area contributed by atoms with Crippen LogP contribution in [0.3, 0.4) is 0 Å². The second-order valence-electron chi connectivity index (χ2n) is 4.28. The molecule has 7 heteroatoms. The van der Waals surface area contributed by atoms with Crippen LogP contribution < -0.4 is 0 Å². The third-order valence-corrected chi connectivity index (χ3v) is 3.80. The molecular formula is C14H8BrClF4O. The molecule has 2 aromatic carbocycles. The van der Waals surface area contributed by atoms with Gasteiger partial charge in [0.1, 0.15) is 11.9 Å². The highest BCUT2D eigenvalue weighted by Gasteiger charge is 2.36. The largest absolute Gasteiger partial charge is 0.419 e. The summed E-state index contributed by atoms with van der Waals surface area (Å²) in [5, 5.41) is 10.5. The number of rotatable bonds is 2. The Bertz CT molecular complexity index is 673. The van der Waals surface area contributed by atoms with Gasteiger partial charge in [0.2, 0.25) is 0 Å². The Hall–Kier alpha value is -1.11. The van der Waals surface area contributed by atoms with E-state index in [4.69, 9.17) is 11.6 Å².